The number of benzene rings is 2. The molecule has 1 N–H and O–H groups in total. The fourth-order valence-electron chi connectivity index (χ4n) is 4.69. The van der Waals surface area contributed by atoms with Gasteiger partial charge in [-0.05, 0) is 67.1 Å². The van der Waals surface area contributed by atoms with Crippen LogP contribution in [0.4, 0.5) is 5.69 Å². The number of hydrogen-bond donors (Lipinski definition) is 1. The summed E-state index contributed by atoms with van der Waals surface area (Å²) in [5, 5.41) is 1.31. The lowest BCUT2D eigenvalue weighted by atomic mass is 10.0. The third-order valence-corrected chi connectivity index (χ3v) is 6.26. The zero-order valence-corrected chi connectivity index (χ0v) is 16.5. The van der Waals surface area contributed by atoms with Crippen LogP contribution in [0.15, 0.2) is 54.7 Å². The van der Waals surface area contributed by atoms with E-state index in [2.05, 4.69) is 63.3 Å². The Balaban J connectivity index is 0.00000180. The Bertz CT molecular complexity index is 870. The van der Waals surface area contributed by atoms with E-state index in [0.717, 1.165) is 19.0 Å². The number of aromatic nitrogens is 1. The van der Waals surface area contributed by atoms with Crippen molar-refractivity contribution in [1.29, 1.82) is 0 Å². The summed E-state index contributed by atoms with van der Waals surface area (Å²) in [6.45, 7) is 5.90. The van der Waals surface area contributed by atoms with E-state index >= 15 is 0 Å². The molecule has 0 spiro atoms. The number of anilines is 1. The van der Waals surface area contributed by atoms with Crippen molar-refractivity contribution in [3.8, 4) is 0 Å². The summed E-state index contributed by atoms with van der Waals surface area (Å²) in [5.41, 5.74) is 5.76. The van der Waals surface area contributed by atoms with Gasteiger partial charge in [-0.3, -0.25) is 4.90 Å². The Morgan fingerprint density at radius 1 is 0.889 bits per heavy atom. The second-order valence-electron chi connectivity index (χ2n) is 7.91. The number of piperazine rings is 1. The van der Waals surface area contributed by atoms with Crippen LogP contribution in [0.2, 0.25) is 0 Å². The molecule has 27 heavy (non-hydrogen) atoms. The Hall–Kier alpha value is -1.97. The van der Waals surface area contributed by atoms with Crippen LogP contribution < -0.4 is 4.90 Å². The largest absolute Gasteiger partial charge is 0.369 e. The van der Waals surface area contributed by atoms with Crippen LogP contribution >= 0.6 is 12.4 Å². The molecule has 2 aromatic carbocycles. The molecule has 1 aliphatic carbocycles. The fourth-order valence-corrected chi connectivity index (χ4v) is 4.69. The van der Waals surface area contributed by atoms with Crippen molar-refractivity contribution in [2.45, 2.75) is 19.3 Å². The summed E-state index contributed by atoms with van der Waals surface area (Å²) in [6.07, 6.45) is 5.93. The second-order valence-corrected chi connectivity index (χ2v) is 7.91. The highest BCUT2D eigenvalue weighted by Gasteiger charge is 2.23. The van der Waals surface area contributed by atoms with E-state index < -0.39 is 0 Å². The van der Waals surface area contributed by atoms with Gasteiger partial charge in [-0.1, -0.05) is 24.3 Å². The Morgan fingerprint density at radius 3 is 2.37 bits per heavy atom. The molecule has 5 rings (SSSR count). The first-order valence-electron chi connectivity index (χ1n) is 9.96. The van der Waals surface area contributed by atoms with Gasteiger partial charge in [-0.25, -0.2) is 0 Å². The number of nitrogens with zero attached hydrogens (tertiary/aromatic N) is 2. The van der Waals surface area contributed by atoms with Crippen LogP contribution in [0.25, 0.3) is 10.9 Å². The molecular weight excluding hydrogens is 354 g/mol. The molecule has 1 saturated heterocycles. The Labute approximate surface area is 167 Å². The molecule has 142 valence electrons. The van der Waals surface area contributed by atoms with Gasteiger partial charge < -0.3 is 9.88 Å². The normalized spacial score (nSPS) is 17.9. The molecule has 4 heteroatoms. The number of hydrogen-bond acceptors (Lipinski definition) is 2. The van der Waals surface area contributed by atoms with E-state index in [1.54, 1.807) is 11.1 Å². The SMILES string of the molecule is Cl.c1ccc2c(c1)CC(CCN1CCN(c3ccc4[nH]ccc4c3)CC1)C2. The summed E-state index contributed by atoms with van der Waals surface area (Å²) in [4.78, 5) is 8.48. The first-order valence-corrected chi connectivity index (χ1v) is 9.96. The van der Waals surface area contributed by atoms with Gasteiger partial charge in [0.2, 0.25) is 0 Å². The van der Waals surface area contributed by atoms with Gasteiger partial charge >= 0.3 is 0 Å². The number of H-pyrrole nitrogens is 1. The van der Waals surface area contributed by atoms with Crippen molar-refractivity contribution < 1.29 is 0 Å². The lowest BCUT2D eigenvalue weighted by Gasteiger charge is -2.36. The number of fused-ring (bicyclic) bond motifs is 2. The molecule has 0 atom stereocenters. The number of aromatic amines is 1. The van der Waals surface area contributed by atoms with E-state index in [9.17, 15) is 0 Å². The van der Waals surface area contributed by atoms with Crippen LogP contribution in [0.3, 0.4) is 0 Å². The lowest BCUT2D eigenvalue weighted by molar-refractivity contribution is 0.239. The maximum Gasteiger partial charge on any atom is 0.0455 e. The molecule has 0 radical (unpaired) electrons. The van der Waals surface area contributed by atoms with Gasteiger partial charge in [0.1, 0.15) is 0 Å². The monoisotopic (exact) mass is 381 g/mol. The second kappa shape index (κ2) is 7.95. The van der Waals surface area contributed by atoms with Crippen LogP contribution in [0, 0.1) is 5.92 Å². The molecule has 1 aliphatic heterocycles. The summed E-state index contributed by atoms with van der Waals surface area (Å²) in [5.74, 6) is 0.849. The quantitative estimate of drug-likeness (QED) is 0.717. The van der Waals surface area contributed by atoms with Gasteiger partial charge in [0.15, 0.2) is 0 Å². The van der Waals surface area contributed by atoms with Crippen molar-refractivity contribution in [1.82, 2.24) is 9.88 Å². The molecule has 0 amide bonds. The van der Waals surface area contributed by atoms with Crippen LogP contribution in [0.5, 0.6) is 0 Å². The van der Waals surface area contributed by atoms with E-state index in [-0.39, 0.29) is 12.4 Å². The van der Waals surface area contributed by atoms with Crippen LogP contribution in [-0.2, 0) is 12.8 Å². The zero-order chi connectivity index (χ0) is 17.3. The third kappa shape index (κ3) is 3.85. The van der Waals surface area contributed by atoms with Crippen molar-refractivity contribution in [3.05, 3.63) is 65.9 Å². The first-order chi connectivity index (χ1) is 12.8. The molecule has 0 bridgehead atoms. The maximum atomic E-state index is 3.28. The van der Waals surface area contributed by atoms with Crippen LogP contribution in [0.1, 0.15) is 17.5 Å². The first kappa shape index (κ1) is 18.4. The average Bonchev–Trinajstić information content (AvgIpc) is 3.32. The van der Waals surface area contributed by atoms with Crippen molar-refractivity contribution >= 4 is 29.0 Å². The van der Waals surface area contributed by atoms with Crippen LogP contribution in [-0.4, -0.2) is 42.6 Å². The van der Waals surface area contributed by atoms with Gasteiger partial charge in [0.05, 0.1) is 0 Å². The van der Waals surface area contributed by atoms with Gasteiger partial charge in [-0.2, -0.15) is 0 Å². The minimum atomic E-state index is 0. The van der Waals surface area contributed by atoms with Gasteiger partial charge in [0.25, 0.3) is 0 Å². The highest BCUT2D eigenvalue weighted by Crippen LogP contribution is 2.29. The molecule has 1 fully saturated rings. The Kier molecular flexibility index (Phi) is 5.42. The summed E-state index contributed by atoms with van der Waals surface area (Å²) < 4.78 is 0. The predicted molar refractivity (Wildman–Crippen MR) is 116 cm³/mol. The smallest absolute Gasteiger partial charge is 0.0455 e. The number of nitrogens with one attached hydrogen (secondary N) is 1. The summed E-state index contributed by atoms with van der Waals surface area (Å²) in [7, 11) is 0. The third-order valence-electron chi connectivity index (χ3n) is 6.26. The highest BCUT2D eigenvalue weighted by atomic mass is 35.5. The molecule has 3 nitrogen and oxygen atoms in total. The van der Waals surface area contributed by atoms with Gasteiger partial charge in [0, 0.05) is 49.0 Å². The molecule has 0 unspecified atom stereocenters. The molecule has 1 aromatic heterocycles. The van der Waals surface area contributed by atoms with Gasteiger partial charge in [-0.15, -0.1) is 12.4 Å². The fraction of sp³-hybridized carbons (Fsp3) is 0.391. The molecular formula is C23H28ClN3. The van der Waals surface area contributed by atoms with Crippen molar-refractivity contribution in [2.75, 3.05) is 37.6 Å². The number of rotatable bonds is 4. The zero-order valence-electron chi connectivity index (χ0n) is 15.7. The topological polar surface area (TPSA) is 22.3 Å². The lowest BCUT2D eigenvalue weighted by Crippen LogP contribution is -2.46. The molecule has 2 heterocycles. The average molecular weight is 382 g/mol. The van der Waals surface area contributed by atoms with E-state index in [4.69, 9.17) is 0 Å². The van der Waals surface area contributed by atoms with Crippen molar-refractivity contribution in [3.63, 3.8) is 0 Å². The summed E-state index contributed by atoms with van der Waals surface area (Å²) in [6, 6.07) is 17.9. The minimum absolute atomic E-state index is 0. The minimum Gasteiger partial charge on any atom is -0.369 e. The highest BCUT2D eigenvalue weighted by molar-refractivity contribution is 5.85. The van der Waals surface area contributed by atoms with E-state index in [1.165, 1.54) is 55.5 Å². The Morgan fingerprint density at radius 2 is 1.63 bits per heavy atom. The molecule has 2 aliphatic rings. The van der Waals surface area contributed by atoms with Crippen molar-refractivity contribution in [2.24, 2.45) is 5.92 Å². The maximum absolute atomic E-state index is 3.28. The van der Waals surface area contributed by atoms with E-state index in [0.29, 0.717) is 0 Å². The van der Waals surface area contributed by atoms with E-state index in [1.807, 2.05) is 6.20 Å². The number of halogens is 1. The molecule has 0 saturated carbocycles. The standard InChI is InChI=1S/C23H27N3.ClH/c1-2-4-20-16-18(15-19(20)3-1)8-10-25-11-13-26(14-12-25)22-5-6-23-21(17-22)7-9-24-23;/h1-7,9,17-18,24H,8,10-16H2;1H. The predicted octanol–water partition coefficient (Wildman–Crippen LogP) is 4.52. The molecule has 3 aromatic rings. The summed E-state index contributed by atoms with van der Waals surface area (Å²) >= 11 is 0.